The SMILES string of the molecule is CC1C=CCC=C1O[Si](C)(C)C(C)C. The zero-order valence-corrected chi connectivity index (χ0v) is 11.0. The van der Waals surface area contributed by atoms with Crippen molar-refractivity contribution < 1.29 is 4.43 Å². The van der Waals surface area contributed by atoms with Gasteiger partial charge in [0.2, 0.25) is 8.32 Å². The fraction of sp³-hybridized carbons (Fsp3) is 0.667. The van der Waals surface area contributed by atoms with Gasteiger partial charge in [-0.25, -0.2) is 0 Å². The summed E-state index contributed by atoms with van der Waals surface area (Å²) in [6.45, 7) is 11.3. The largest absolute Gasteiger partial charge is 0.547 e. The van der Waals surface area contributed by atoms with E-state index in [1.165, 1.54) is 5.76 Å². The Bertz CT molecular complexity index is 251. The fourth-order valence-corrected chi connectivity index (χ4v) is 2.42. The van der Waals surface area contributed by atoms with Crippen LogP contribution in [0.5, 0.6) is 0 Å². The van der Waals surface area contributed by atoms with Crippen molar-refractivity contribution in [3.8, 4) is 0 Å². The minimum atomic E-state index is -1.51. The van der Waals surface area contributed by atoms with Crippen LogP contribution in [0.25, 0.3) is 0 Å². The molecule has 0 saturated heterocycles. The third-order valence-electron chi connectivity index (χ3n) is 3.10. The second-order valence-electron chi connectivity index (χ2n) is 4.92. The van der Waals surface area contributed by atoms with Gasteiger partial charge in [0.1, 0.15) is 0 Å². The van der Waals surface area contributed by atoms with Crippen LogP contribution in [0.2, 0.25) is 18.6 Å². The Labute approximate surface area is 89.0 Å². The Hall–Kier alpha value is -0.503. The van der Waals surface area contributed by atoms with E-state index in [2.05, 4.69) is 52.1 Å². The number of hydrogen-bond donors (Lipinski definition) is 0. The first-order valence-electron chi connectivity index (χ1n) is 5.49. The quantitative estimate of drug-likeness (QED) is 0.503. The van der Waals surface area contributed by atoms with Crippen molar-refractivity contribution in [2.24, 2.45) is 5.92 Å². The molecule has 0 heterocycles. The van der Waals surface area contributed by atoms with E-state index in [4.69, 9.17) is 4.43 Å². The molecule has 1 rings (SSSR count). The lowest BCUT2D eigenvalue weighted by molar-refractivity contribution is 0.360. The predicted molar refractivity (Wildman–Crippen MR) is 64.7 cm³/mol. The average molecular weight is 210 g/mol. The lowest BCUT2D eigenvalue weighted by atomic mass is 10.0. The molecule has 0 N–H and O–H groups in total. The van der Waals surface area contributed by atoms with E-state index in [1.807, 2.05) is 0 Å². The highest BCUT2D eigenvalue weighted by molar-refractivity contribution is 6.72. The molecular formula is C12H22OSi. The van der Waals surface area contributed by atoms with Gasteiger partial charge in [0, 0.05) is 5.92 Å². The minimum Gasteiger partial charge on any atom is -0.547 e. The number of hydrogen-bond acceptors (Lipinski definition) is 1. The highest BCUT2D eigenvalue weighted by atomic mass is 28.4. The van der Waals surface area contributed by atoms with Crippen molar-refractivity contribution in [1.82, 2.24) is 0 Å². The lowest BCUT2D eigenvalue weighted by Crippen LogP contribution is -2.34. The van der Waals surface area contributed by atoms with Crippen molar-refractivity contribution in [1.29, 1.82) is 0 Å². The fourth-order valence-electron chi connectivity index (χ4n) is 1.30. The van der Waals surface area contributed by atoms with Crippen LogP contribution in [0.15, 0.2) is 24.0 Å². The van der Waals surface area contributed by atoms with E-state index in [1.54, 1.807) is 0 Å². The van der Waals surface area contributed by atoms with Crippen LogP contribution >= 0.6 is 0 Å². The second kappa shape index (κ2) is 4.35. The average Bonchev–Trinajstić information content (AvgIpc) is 2.08. The molecule has 1 atom stereocenters. The molecular weight excluding hydrogens is 188 g/mol. The first-order valence-corrected chi connectivity index (χ1v) is 8.48. The first kappa shape index (κ1) is 11.6. The predicted octanol–water partition coefficient (Wildman–Crippen LogP) is 4.10. The van der Waals surface area contributed by atoms with Gasteiger partial charge in [-0.05, 0) is 31.1 Å². The molecule has 0 fully saturated rings. The topological polar surface area (TPSA) is 9.23 Å². The van der Waals surface area contributed by atoms with Crippen LogP contribution in [0.3, 0.4) is 0 Å². The minimum absolute atomic E-state index is 0.467. The molecule has 2 heteroatoms. The molecule has 1 aliphatic carbocycles. The Morgan fingerprint density at radius 1 is 1.43 bits per heavy atom. The normalized spacial score (nSPS) is 22.4. The summed E-state index contributed by atoms with van der Waals surface area (Å²) in [7, 11) is -1.51. The van der Waals surface area contributed by atoms with Crippen molar-refractivity contribution in [3.05, 3.63) is 24.0 Å². The van der Waals surface area contributed by atoms with E-state index in [9.17, 15) is 0 Å². The Morgan fingerprint density at radius 2 is 2.07 bits per heavy atom. The molecule has 0 amide bonds. The maximum atomic E-state index is 6.20. The van der Waals surface area contributed by atoms with Gasteiger partial charge in [0.05, 0.1) is 5.76 Å². The third-order valence-corrected chi connectivity index (χ3v) is 6.64. The van der Waals surface area contributed by atoms with Gasteiger partial charge in [-0.1, -0.05) is 32.9 Å². The standard InChI is InChI=1S/C12H22OSi/c1-10(2)14(4,5)13-12-9-7-6-8-11(12)3/h6,8-11H,7H2,1-5H3. The van der Waals surface area contributed by atoms with Gasteiger partial charge in [-0.15, -0.1) is 0 Å². The second-order valence-corrected chi connectivity index (χ2v) is 9.48. The van der Waals surface area contributed by atoms with Gasteiger partial charge in [-0.3, -0.25) is 0 Å². The maximum Gasteiger partial charge on any atom is 0.247 e. The lowest BCUT2D eigenvalue weighted by Gasteiger charge is -2.32. The van der Waals surface area contributed by atoms with E-state index < -0.39 is 8.32 Å². The summed E-state index contributed by atoms with van der Waals surface area (Å²) in [4.78, 5) is 0. The molecule has 0 spiro atoms. The van der Waals surface area contributed by atoms with E-state index in [-0.39, 0.29) is 0 Å². The van der Waals surface area contributed by atoms with Gasteiger partial charge in [-0.2, -0.15) is 0 Å². The molecule has 0 bridgehead atoms. The maximum absolute atomic E-state index is 6.20. The molecule has 0 radical (unpaired) electrons. The van der Waals surface area contributed by atoms with Crippen molar-refractivity contribution in [2.75, 3.05) is 0 Å². The van der Waals surface area contributed by atoms with Crippen LogP contribution in [-0.2, 0) is 4.43 Å². The first-order chi connectivity index (χ1) is 6.43. The van der Waals surface area contributed by atoms with Crippen molar-refractivity contribution >= 4 is 8.32 Å². The van der Waals surface area contributed by atoms with Crippen molar-refractivity contribution in [3.63, 3.8) is 0 Å². The van der Waals surface area contributed by atoms with Gasteiger partial charge in [0.25, 0.3) is 0 Å². The summed E-state index contributed by atoms with van der Waals surface area (Å²) in [6, 6.07) is 0. The Morgan fingerprint density at radius 3 is 2.57 bits per heavy atom. The van der Waals surface area contributed by atoms with E-state index in [0.717, 1.165) is 6.42 Å². The van der Waals surface area contributed by atoms with Gasteiger partial charge >= 0.3 is 0 Å². The van der Waals surface area contributed by atoms with E-state index in [0.29, 0.717) is 11.5 Å². The van der Waals surface area contributed by atoms with Crippen LogP contribution in [0, 0.1) is 5.92 Å². The molecule has 1 nitrogen and oxygen atoms in total. The van der Waals surface area contributed by atoms with Crippen LogP contribution < -0.4 is 0 Å². The zero-order valence-electron chi connectivity index (χ0n) is 10.0. The third kappa shape index (κ3) is 2.74. The van der Waals surface area contributed by atoms with E-state index >= 15 is 0 Å². The summed E-state index contributed by atoms with van der Waals surface area (Å²) in [5, 5.41) is 0. The number of allylic oxidation sites excluding steroid dienone is 3. The summed E-state index contributed by atoms with van der Waals surface area (Å²) in [6.07, 6.45) is 7.70. The van der Waals surface area contributed by atoms with Gasteiger partial charge < -0.3 is 4.43 Å². The van der Waals surface area contributed by atoms with Crippen LogP contribution in [0.4, 0.5) is 0 Å². The molecule has 0 aliphatic heterocycles. The van der Waals surface area contributed by atoms with Crippen LogP contribution in [0.1, 0.15) is 27.2 Å². The Balaban J connectivity index is 2.64. The molecule has 1 unspecified atom stereocenters. The zero-order chi connectivity index (χ0) is 10.8. The monoisotopic (exact) mass is 210 g/mol. The van der Waals surface area contributed by atoms with Crippen molar-refractivity contribution in [2.45, 2.75) is 45.8 Å². The molecule has 0 aromatic heterocycles. The summed E-state index contributed by atoms with van der Waals surface area (Å²) < 4.78 is 6.20. The molecule has 0 aromatic carbocycles. The number of rotatable bonds is 3. The summed E-state index contributed by atoms with van der Waals surface area (Å²) >= 11 is 0. The molecule has 80 valence electrons. The highest BCUT2D eigenvalue weighted by Crippen LogP contribution is 2.29. The summed E-state index contributed by atoms with van der Waals surface area (Å²) in [5.41, 5.74) is 0.668. The molecule has 0 aromatic rings. The molecule has 0 saturated carbocycles. The smallest absolute Gasteiger partial charge is 0.247 e. The molecule has 1 aliphatic rings. The summed E-state index contributed by atoms with van der Waals surface area (Å²) in [5.74, 6) is 1.66. The van der Waals surface area contributed by atoms with Crippen LogP contribution in [-0.4, -0.2) is 8.32 Å². The van der Waals surface area contributed by atoms with Gasteiger partial charge in [0.15, 0.2) is 0 Å². The highest BCUT2D eigenvalue weighted by Gasteiger charge is 2.30. The Kier molecular flexibility index (Phi) is 3.59. The molecule has 14 heavy (non-hydrogen) atoms.